The number of hydrogen-bond donors (Lipinski definition) is 3. The predicted molar refractivity (Wildman–Crippen MR) is 112 cm³/mol. The Bertz CT molecular complexity index is 1150. The van der Waals surface area contributed by atoms with Gasteiger partial charge in [0.25, 0.3) is 0 Å². The van der Waals surface area contributed by atoms with Crippen molar-refractivity contribution in [2.75, 3.05) is 16.4 Å². The molecule has 0 aliphatic carbocycles. The van der Waals surface area contributed by atoms with Gasteiger partial charge >= 0.3 is 0 Å². The first-order valence-electron chi connectivity index (χ1n) is 9.01. The van der Waals surface area contributed by atoms with Crippen molar-refractivity contribution in [2.45, 2.75) is 0 Å². The fourth-order valence-electron chi connectivity index (χ4n) is 2.68. The Morgan fingerprint density at radius 1 is 0.767 bits per heavy atom. The number of ether oxygens (including phenoxy) is 1. The average molecular weight is 405 g/mol. The van der Waals surface area contributed by atoms with Crippen LogP contribution in [0.1, 0.15) is 0 Å². The molecule has 4 N–H and O–H groups in total. The minimum atomic E-state index is -0.627. The van der Waals surface area contributed by atoms with E-state index in [1.54, 1.807) is 24.3 Å². The Hall–Kier alpha value is -4.20. The first-order chi connectivity index (χ1) is 14.6. The van der Waals surface area contributed by atoms with Crippen LogP contribution in [-0.2, 0) is 0 Å². The highest BCUT2D eigenvalue weighted by molar-refractivity contribution is 5.80. The molecule has 8 heteroatoms. The van der Waals surface area contributed by atoms with Crippen LogP contribution >= 0.6 is 0 Å². The zero-order valence-electron chi connectivity index (χ0n) is 15.6. The molecule has 30 heavy (non-hydrogen) atoms. The molecule has 1 heterocycles. The van der Waals surface area contributed by atoms with Gasteiger partial charge in [0.2, 0.25) is 0 Å². The highest BCUT2D eigenvalue weighted by atomic mass is 19.1. The third kappa shape index (κ3) is 4.44. The average Bonchev–Trinajstić information content (AvgIpc) is 2.76. The number of rotatable bonds is 6. The number of nitrogens with zero attached hydrogens (tertiary/aromatic N) is 2. The lowest BCUT2D eigenvalue weighted by Crippen LogP contribution is -2.06. The zero-order valence-corrected chi connectivity index (χ0v) is 15.6. The molecule has 0 atom stereocenters. The van der Waals surface area contributed by atoms with Gasteiger partial charge in [-0.3, -0.25) is 0 Å². The number of benzene rings is 3. The molecule has 0 aliphatic heterocycles. The molecule has 4 rings (SSSR count). The Kier molecular flexibility index (Phi) is 5.38. The van der Waals surface area contributed by atoms with E-state index in [-0.39, 0.29) is 17.2 Å². The van der Waals surface area contributed by atoms with Gasteiger partial charge in [0.1, 0.15) is 35.1 Å². The molecular formula is C22H17F2N5O. The number of nitrogens with two attached hydrogens (primary N) is 1. The lowest BCUT2D eigenvalue weighted by atomic mass is 10.2. The number of para-hydroxylation sites is 1. The molecule has 0 saturated carbocycles. The van der Waals surface area contributed by atoms with E-state index in [9.17, 15) is 8.78 Å². The number of nitrogen functional groups attached to an aromatic ring is 1. The number of anilines is 5. The maximum atomic E-state index is 13.9. The highest BCUT2D eigenvalue weighted by Gasteiger charge is 2.12. The van der Waals surface area contributed by atoms with Gasteiger partial charge in [-0.2, -0.15) is 0 Å². The number of hydrogen-bond acceptors (Lipinski definition) is 6. The summed E-state index contributed by atoms with van der Waals surface area (Å²) in [6.45, 7) is 0. The van der Waals surface area contributed by atoms with Crippen LogP contribution in [-0.4, -0.2) is 9.97 Å². The molecule has 0 saturated heterocycles. The second kappa shape index (κ2) is 8.44. The summed E-state index contributed by atoms with van der Waals surface area (Å²) in [6.07, 6.45) is 1.27. The minimum Gasteiger partial charge on any atom is -0.457 e. The van der Waals surface area contributed by atoms with E-state index in [2.05, 4.69) is 20.6 Å². The van der Waals surface area contributed by atoms with Gasteiger partial charge in [-0.05, 0) is 48.5 Å². The minimum absolute atomic E-state index is 0.0752. The standard InChI is InChI=1S/C22H17F2N5O/c23-14-6-11-18(24)19(12-14)29-22-20(25)21(26-13-27-22)28-15-7-9-17(10-8-15)30-16-4-2-1-3-5-16/h1-13H,25H2,(H2,26,27,28,29). The van der Waals surface area contributed by atoms with E-state index in [4.69, 9.17) is 10.5 Å². The molecule has 0 unspecified atom stereocenters. The summed E-state index contributed by atoms with van der Waals surface area (Å²) in [6, 6.07) is 19.7. The summed E-state index contributed by atoms with van der Waals surface area (Å²) in [7, 11) is 0. The number of nitrogens with one attached hydrogen (secondary N) is 2. The summed E-state index contributed by atoms with van der Waals surface area (Å²) < 4.78 is 33.0. The predicted octanol–water partition coefficient (Wildman–Crippen LogP) is 5.62. The van der Waals surface area contributed by atoms with Crippen molar-refractivity contribution in [1.29, 1.82) is 0 Å². The van der Waals surface area contributed by atoms with Gasteiger partial charge in [0.15, 0.2) is 11.6 Å². The third-order valence-corrected chi connectivity index (χ3v) is 4.16. The Labute approximate surface area is 171 Å². The molecular weight excluding hydrogens is 388 g/mol. The molecule has 3 aromatic carbocycles. The van der Waals surface area contributed by atoms with Crippen molar-refractivity contribution in [3.05, 3.63) is 90.8 Å². The van der Waals surface area contributed by atoms with Crippen LogP contribution in [0.25, 0.3) is 0 Å². The van der Waals surface area contributed by atoms with E-state index in [1.807, 2.05) is 30.3 Å². The summed E-state index contributed by atoms with van der Waals surface area (Å²) in [5, 5.41) is 5.77. The van der Waals surface area contributed by atoms with Gasteiger partial charge in [0.05, 0.1) is 5.69 Å². The SMILES string of the molecule is Nc1c(Nc2ccc(Oc3ccccc3)cc2)ncnc1Nc1cc(F)ccc1F. The molecule has 0 radical (unpaired) electrons. The largest absolute Gasteiger partial charge is 0.457 e. The Morgan fingerprint density at radius 3 is 2.17 bits per heavy atom. The van der Waals surface area contributed by atoms with Crippen molar-refractivity contribution >= 4 is 28.7 Å². The van der Waals surface area contributed by atoms with Crippen LogP contribution in [0.5, 0.6) is 11.5 Å². The van der Waals surface area contributed by atoms with Crippen molar-refractivity contribution in [2.24, 2.45) is 0 Å². The summed E-state index contributed by atoms with van der Waals surface area (Å²) in [4.78, 5) is 8.13. The quantitative estimate of drug-likeness (QED) is 0.386. The Morgan fingerprint density at radius 2 is 1.43 bits per heavy atom. The van der Waals surface area contributed by atoms with Gasteiger partial charge < -0.3 is 21.1 Å². The topological polar surface area (TPSA) is 85.1 Å². The normalized spacial score (nSPS) is 10.5. The molecule has 0 fully saturated rings. The van der Waals surface area contributed by atoms with Crippen LogP contribution in [0.2, 0.25) is 0 Å². The zero-order chi connectivity index (χ0) is 20.9. The van der Waals surface area contributed by atoms with Crippen LogP contribution in [0.15, 0.2) is 79.1 Å². The molecule has 0 amide bonds. The monoisotopic (exact) mass is 405 g/mol. The van der Waals surface area contributed by atoms with Crippen LogP contribution in [0, 0.1) is 11.6 Å². The lowest BCUT2D eigenvalue weighted by Gasteiger charge is -2.13. The number of halogens is 2. The maximum Gasteiger partial charge on any atom is 0.159 e. The van der Waals surface area contributed by atoms with Crippen molar-refractivity contribution < 1.29 is 13.5 Å². The van der Waals surface area contributed by atoms with E-state index in [1.165, 1.54) is 6.33 Å². The molecule has 0 spiro atoms. The van der Waals surface area contributed by atoms with E-state index < -0.39 is 11.6 Å². The second-order valence-corrected chi connectivity index (χ2v) is 6.30. The molecule has 0 bridgehead atoms. The van der Waals surface area contributed by atoms with Gasteiger partial charge in [0, 0.05) is 11.8 Å². The molecule has 150 valence electrons. The van der Waals surface area contributed by atoms with Crippen LogP contribution in [0.4, 0.5) is 37.5 Å². The van der Waals surface area contributed by atoms with E-state index in [0.717, 1.165) is 23.9 Å². The fraction of sp³-hybridized carbons (Fsp3) is 0. The highest BCUT2D eigenvalue weighted by Crippen LogP contribution is 2.30. The summed E-state index contributed by atoms with van der Waals surface area (Å²) >= 11 is 0. The first kappa shape index (κ1) is 19.1. The summed E-state index contributed by atoms with van der Waals surface area (Å²) in [5.41, 5.74) is 6.90. The first-order valence-corrected chi connectivity index (χ1v) is 9.01. The van der Waals surface area contributed by atoms with Gasteiger partial charge in [-0.25, -0.2) is 18.7 Å². The van der Waals surface area contributed by atoms with Crippen molar-refractivity contribution in [3.8, 4) is 11.5 Å². The van der Waals surface area contributed by atoms with E-state index >= 15 is 0 Å². The molecule has 4 aromatic rings. The Balaban J connectivity index is 1.49. The number of aromatic nitrogens is 2. The van der Waals surface area contributed by atoms with Gasteiger partial charge in [-0.1, -0.05) is 18.2 Å². The van der Waals surface area contributed by atoms with Crippen LogP contribution < -0.4 is 21.1 Å². The van der Waals surface area contributed by atoms with Crippen LogP contribution in [0.3, 0.4) is 0 Å². The maximum absolute atomic E-state index is 13.9. The molecule has 1 aromatic heterocycles. The second-order valence-electron chi connectivity index (χ2n) is 6.30. The van der Waals surface area contributed by atoms with Gasteiger partial charge in [-0.15, -0.1) is 0 Å². The fourth-order valence-corrected chi connectivity index (χ4v) is 2.68. The third-order valence-electron chi connectivity index (χ3n) is 4.16. The van der Waals surface area contributed by atoms with Crippen molar-refractivity contribution in [1.82, 2.24) is 9.97 Å². The smallest absolute Gasteiger partial charge is 0.159 e. The van der Waals surface area contributed by atoms with Crippen molar-refractivity contribution in [3.63, 3.8) is 0 Å². The van der Waals surface area contributed by atoms with E-state index in [0.29, 0.717) is 17.3 Å². The molecule has 6 nitrogen and oxygen atoms in total. The lowest BCUT2D eigenvalue weighted by molar-refractivity contribution is 0.483. The summed E-state index contributed by atoms with van der Waals surface area (Å²) in [5.74, 6) is 0.674. The molecule has 0 aliphatic rings.